The van der Waals surface area contributed by atoms with Crippen molar-refractivity contribution in [2.75, 3.05) is 0 Å². The molecule has 8 heterocycles. The normalized spacial score (nSPS) is 13.2. The van der Waals surface area contributed by atoms with Crippen LogP contribution in [0.25, 0.3) is 144 Å². The molecule has 10 aromatic carbocycles. The van der Waals surface area contributed by atoms with E-state index in [1.807, 2.05) is 142 Å². The van der Waals surface area contributed by atoms with Gasteiger partial charge in [0.1, 0.15) is 68.7 Å². The first-order chi connectivity index (χ1) is 59.2. The Morgan fingerprint density at radius 3 is 1.12 bits per heavy atom. The predicted octanol–water partition coefficient (Wildman–Crippen LogP) is 24.7. The van der Waals surface area contributed by atoms with E-state index < -0.39 is 27.4 Å². The third kappa shape index (κ3) is 15.8. The van der Waals surface area contributed by atoms with Crippen molar-refractivity contribution in [1.82, 2.24) is 0 Å². The highest BCUT2D eigenvalue weighted by molar-refractivity contribution is 6.12. The van der Waals surface area contributed by atoms with Crippen LogP contribution in [0.15, 0.2) is 293 Å². The first kappa shape index (κ1) is 63.0. The largest absolute Gasteiger partial charge is 0.455 e. The number of aryl methyl sites for hydroxylation is 17. The maximum atomic E-state index is 7.97. The first-order valence-electron chi connectivity index (χ1n) is 44.3. The van der Waals surface area contributed by atoms with E-state index in [-0.39, 0.29) is 5.56 Å². The first-order valence-corrected chi connectivity index (χ1v) is 38.3. The quantitative estimate of drug-likeness (QED) is 0.142. The van der Waals surface area contributed by atoms with Crippen molar-refractivity contribution >= 4 is 65.8 Å². The molecule has 18 aromatic rings. The van der Waals surface area contributed by atoms with Crippen molar-refractivity contribution in [2.24, 2.45) is 35.2 Å². The van der Waals surface area contributed by atoms with Gasteiger partial charge in [0, 0.05) is 119 Å². The van der Waals surface area contributed by atoms with Crippen molar-refractivity contribution in [2.45, 2.75) is 103 Å². The van der Waals surface area contributed by atoms with Crippen LogP contribution in [-0.4, -0.2) is 0 Å². The van der Waals surface area contributed by atoms with E-state index in [4.69, 9.17) is 29.7 Å². The summed E-state index contributed by atoms with van der Waals surface area (Å²) in [6.45, 7) is 11.9. The zero-order chi connectivity index (χ0) is 89.6. The molecule has 0 fully saturated rings. The summed E-state index contributed by atoms with van der Waals surface area (Å²) >= 11 is 0. The number of hydrogen-bond donors (Lipinski definition) is 0. The van der Waals surface area contributed by atoms with Gasteiger partial charge in [-0.2, -0.15) is 0 Å². The minimum atomic E-state index is -2.24. The highest BCUT2D eigenvalue weighted by atomic mass is 16.3. The minimum absolute atomic E-state index is 0.263. The fourth-order valence-corrected chi connectivity index (χ4v) is 15.7. The molecule has 0 aliphatic heterocycles. The summed E-state index contributed by atoms with van der Waals surface area (Å²) in [4.78, 5) is 0. The van der Waals surface area contributed by atoms with Gasteiger partial charge in [0.15, 0.2) is 31.0 Å². The highest BCUT2D eigenvalue weighted by Crippen LogP contribution is 2.42. The number of rotatable bonds is 8. The smallest absolute Gasteiger partial charge is 0.216 e. The van der Waals surface area contributed by atoms with E-state index in [1.54, 1.807) is 59.8 Å². The summed E-state index contributed by atoms with van der Waals surface area (Å²) in [5.74, 6) is 0.495. The van der Waals surface area contributed by atoms with E-state index in [1.165, 1.54) is 99.5 Å². The average Bonchev–Trinajstić information content (AvgIpc) is 1.69. The van der Waals surface area contributed by atoms with Gasteiger partial charge in [0.2, 0.25) is 28.5 Å². The van der Waals surface area contributed by atoms with Gasteiger partial charge in [0.05, 0.1) is 16.7 Å². The molecule has 0 spiro atoms. The molecule has 562 valence electrons. The number of aromatic nitrogens is 5. The van der Waals surface area contributed by atoms with Crippen LogP contribution in [0.1, 0.15) is 109 Å². The van der Waals surface area contributed by atoms with Gasteiger partial charge in [-0.3, -0.25) is 0 Å². The Morgan fingerprint density at radius 1 is 0.265 bits per heavy atom. The van der Waals surface area contributed by atoms with E-state index in [9.17, 15) is 0 Å². The second kappa shape index (κ2) is 32.7. The molecule has 0 atom stereocenters. The Bertz CT molecular complexity index is 7110. The molecule has 0 saturated carbocycles. The Hall–Kier alpha value is -12.7. The van der Waals surface area contributed by atoms with Crippen molar-refractivity contribution < 1.29 is 52.5 Å². The SMILES string of the molecule is Cc1c[n+](C)c(-c2c(C)ccc3c2oc2ccccc23)cc1C(C)C.Cc1ccc(-c2c(C)ccc3c2oc2ccccc23)[n+](C)c1.Cc1ccc2c(oc3ccccc32)c1-c1cccc[n+]1C.[2H]C([2H])([2H])c1c[n+](C)c(-c2cc(-c3ccccc3)c(C([2H])([2H])[2H])cc2C)cc1C.[2H]C([2H])([2H])c1ccc(-c2cc(-c3ccccc3)c(C([2H])([2H])[2H])cc2C)[n+](C)c1. The fraction of sp³-hybridized carbons (Fsp3) is 0.190. The van der Waals surface area contributed by atoms with E-state index in [0.717, 1.165) is 78.3 Å². The molecule has 0 amide bonds. The molecule has 0 radical (unpaired) electrons. The van der Waals surface area contributed by atoms with Crippen LogP contribution in [0, 0.1) is 82.8 Å². The molecule has 0 unspecified atom stereocenters. The topological polar surface area (TPSA) is 58.8 Å². The molecule has 8 nitrogen and oxygen atoms in total. The van der Waals surface area contributed by atoms with Gasteiger partial charge in [-0.1, -0.05) is 178 Å². The van der Waals surface area contributed by atoms with Crippen LogP contribution in [0.2, 0.25) is 0 Å². The van der Waals surface area contributed by atoms with Gasteiger partial charge in [-0.15, -0.1) is 0 Å². The third-order valence-corrected chi connectivity index (χ3v) is 21.6. The van der Waals surface area contributed by atoms with Gasteiger partial charge >= 0.3 is 0 Å². The molecule has 0 bridgehead atoms. The lowest BCUT2D eigenvalue weighted by Gasteiger charge is -2.12. The molecule has 18 rings (SSSR count). The van der Waals surface area contributed by atoms with Gasteiger partial charge in [-0.25, -0.2) is 22.8 Å². The minimum Gasteiger partial charge on any atom is -0.455 e. The fourth-order valence-electron chi connectivity index (χ4n) is 15.7. The highest BCUT2D eigenvalue weighted by Gasteiger charge is 2.26. The van der Waals surface area contributed by atoms with Crippen LogP contribution < -0.4 is 22.8 Å². The molecule has 0 N–H and O–H groups in total. The summed E-state index contributed by atoms with van der Waals surface area (Å²) in [7, 11) is 9.88. The van der Waals surface area contributed by atoms with Crippen LogP contribution in [0.3, 0.4) is 0 Å². The summed E-state index contributed by atoms with van der Waals surface area (Å²) in [6, 6.07) is 82.0. The number of hydrogen-bond acceptors (Lipinski definition) is 3. The zero-order valence-electron chi connectivity index (χ0n) is 79.1. The molecule has 113 heavy (non-hydrogen) atoms. The Morgan fingerprint density at radius 2 is 0.664 bits per heavy atom. The molecule has 0 aliphatic carbocycles. The third-order valence-electron chi connectivity index (χ3n) is 21.6. The number of fused-ring (bicyclic) bond motifs is 9. The van der Waals surface area contributed by atoms with Gasteiger partial charge in [-0.05, 0) is 210 Å². The Balaban J connectivity index is 0.000000127. The maximum absolute atomic E-state index is 7.97. The molecule has 8 heteroatoms. The average molecular weight is 1500 g/mol. The van der Waals surface area contributed by atoms with Crippen LogP contribution in [-0.2, 0) is 35.2 Å². The lowest BCUT2D eigenvalue weighted by molar-refractivity contribution is -0.660. The number of benzene rings is 10. The number of pyridine rings is 5. The van der Waals surface area contributed by atoms with Crippen LogP contribution in [0.5, 0.6) is 0 Å². The number of nitrogens with zero attached hydrogens (tertiary/aromatic N) is 5. The molecule has 8 aromatic heterocycles. The summed E-state index contributed by atoms with van der Waals surface area (Å²) in [5.41, 5.74) is 30.4. The van der Waals surface area contributed by atoms with Gasteiger partial charge < -0.3 is 13.3 Å². The Kier molecular flexibility index (Phi) is 18.3. The van der Waals surface area contributed by atoms with Gasteiger partial charge in [0.25, 0.3) is 0 Å². The van der Waals surface area contributed by atoms with Crippen molar-refractivity contribution in [3.8, 4) is 78.5 Å². The van der Waals surface area contributed by atoms with Crippen molar-refractivity contribution in [1.29, 1.82) is 0 Å². The monoisotopic (exact) mass is 1490 g/mol. The molecule has 0 saturated heterocycles. The van der Waals surface area contributed by atoms with E-state index in [2.05, 4.69) is 205 Å². The summed E-state index contributed by atoms with van der Waals surface area (Å²) in [5, 5.41) is 7.06. The van der Waals surface area contributed by atoms with Crippen molar-refractivity contribution in [3.63, 3.8) is 0 Å². The molecular formula is C105H104N5O3+5. The molecule has 0 aliphatic rings. The lowest BCUT2D eigenvalue weighted by atomic mass is 9.93. The van der Waals surface area contributed by atoms with E-state index in [0.29, 0.717) is 39.3 Å². The zero-order valence-corrected chi connectivity index (χ0v) is 67.1. The van der Waals surface area contributed by atoms with E-state index >= 15 is 0 Å². The lowest BCUT2D eigenvalue weighted by Crippen LogP contribution is -2.32. The Labute approximate surface area is 683 Å². The van der Waals surface area contributed by atoms with Crippen LogP contribution >= 0.6 is 0 Å². The number of furan rings is 3. The standard InChI is InChI=1S/C23H24NO.C22H24N.C21H22N.C20H18NO.C19H16NO/c1-14(2)19-12-20(24(5)13-16(19)4)22-15(3)10-11-18-17-8-6-7-9-21(17)25-23(18)22;1-15-12-22(23(5)14-18(15)4)21-13-20(16(2)11-17(21)3)19-9-7-6-8-10-19;1-15-10-11-21(22(4)14-15)20-13-19(16(2)12-17(20)3)18-8-6-5-7-9-18;1-13-8-11-17(21(3)12-13)19-14(2)9-10-16-15-6-4-5-7-18(15)22-20(16)19;1-13-10-11-15-14-7-3-4-9-17(14)21-19(15)18(13)16-8-5-6-12-20(16)2/h6-14H,1-5H3;6-14H,1-5H3;5-14H,1-4H3;4-12H,1-3H3;3-12H,1-2H3/q5*+1/i;2D3,4D3;1D3,2D3;;. The van der Waals surface area contributed by atoms with Crippen molar-refractivity contribution in [3.05, 3.63) is 352 Å². The maximum Gasteiger partial charge on any atom is 0.216 e. The number of para-hydroxylation sites is 3. The molecular weight excluding hydrogens is 1380 g/mol. The summed E-state index contributed by atoms with van der Waals surface area (Å²) < 4.78 is 122. The second-order valence-corrected chi connectivity index (χ2v) is 30.1. The predicted molar refractivity (Wildman–Crippen MR) is 469 cm³/mol. The van der Waals surface area contributed by atoms with Crippen LogP contribution in [0.4, 0.5) is 0 Å². The summed E-state index contributed by atoms with van der Waals surface area (Å²) in [6.07, 6.45) is 9.68. The second-order valence-electron chi connectivity index (χ2n) is 30.1.